The van der Waals surface area contributed by atoms with Gasteiger partial charge in [0, 0.05) is 43.5 Å². The van der Waals surface area contributed by atoms with Crippen molar-refractivity contribution in [2.24, 2.45) is 5.92 Å². The van der Waals surface area contributed by atoms with E-state index in [1.54, 1.807) is 66.4 Å². The van der Waals surface area contributed by atoms with E-state index in [1.807, 2.05) is 14.0 Å². The van der Waals surface area contributed by atoms with E-state index in [1.165, 1.54) is 12.4 Å². The van der Waals surface area contributed by atoms with Gasteiger partial charge in [0.2, 0.25) is 0 Å². The van der Waals surface area contributed by atoms with Crippen molar-refractivity contribution in [1.82, 2.24) is 14.8 Å². The van der Waals surface area contributed by atoms with Gasteiger partial charge in [-0.3, -0.25) is 19.5 Å². The topological polar surface area (TPSA) is 132 Å². The summed E-state index contributed by atoms with van der Waals surface area (Å²) in [4.78, 5) is 45.5. The lowest BCUT2D eigenvalue weighted by atomic mass is 9.98. The number of benzene rings is 2. The summed E-state index contributed by atoms with van der Waals surface area (Å²) in [5.74, 6) is -1.46. The number of pyridine rings is 1. The van der Waals surface area contributed by atoms with Crippen LogP contribution in [0.25, 0.3) is 0 Å². The minimum atomic E-state index is -0.974. The fourth-order valence-corrected chi connectivity index (χ4v) is 4.69. The number of rotatable bonds is 9. The second-order valence-corrected chi connectivity index (χ2v) is 10.2. The largest absolute Gasteiger partial charge is 0.486 e. The summed E-state index contributed by atoms with van der Waals surface area (Å²) >= 11 is 0. The molecule has 3 N–H and O–H groups in total. The van der Waals surface area contributed by atoms with E-state index in [9.17, 15) is 24.6 Å². The maximum atomic E-state index is 13.7. The van der Waals surface area contributed by atoms with Gasteiger partial charge in [0.25, 0.3) is 11.8 Å². The maximum Gasteiger partial charge on any atom is 0.335 e. The summed E-state index contributed by atoms with van der Waals surface area (Å²) in [7, 11) is 1.94. The maximum absolute atomic E-state index is 13.7. The van der Waals surface area contributed by atoms with Gasteiger partial charge in [-0.25, -0.2) is 4.79 Å². The normalized spacial score (nSPS) is 17.8. The van der Waals surface area contributed by atoms with Gasteiger partial charge in [0.15, 0.2) is 5.75 Å². The Labute approximate surface area is 233 Å². The summed E-state index contributed by atoms with van der Waals surface area (Å²) in [6.45, 7) is 5.01. The highest BCUT2D eigenvalue weighted by Gasteiger charge is 2.34. The number of para-hydroxylation sites is 1. The molecule has 1 aliphatic rings. The number of hydrogen-bond donors (Lipinski definition) is 3. The first-order chi connectivity index (χ1) is 19.2. The molecule has 2 amide bonds. The summed E-state index contributed by atoms with van der Waals surface area (Å²) in [6, 6.07) is 14.6. The van der Waals surface area contributed by atoms with Crippen molar-refractivity contribution < 1.29 is 29.3 Å². The van der Waals surface area contributed by atoms with Crippen LogP contribution in [0.4, 0.5) is 5.69 Å². The molecule has 3 atom stereocenters. The Kier molecular flexibility index (Phi) is 9.13. The van der Waals surface area contributed by atoms with Crippen LogP contribution in [0.15, 0.2) is 67.0 Å². The Morgan fingerprint density at radius 3 is 2.48 bits per heavy atom. The van der Waals surface area contributed by atoms with Crippen LogP contribution in [-0.2, 0) is 6.54 Å². The Balaban J connectivity index is 1.64. The summed E-state index contributed by atoms with van der Waals surface area (Å²) in [5.41, 5.74) is 2.26. The van der Waals surface area contributed by atoms with Gasteiger partial charge in [-0.05, 0) is 55.9 Å². The molecule has 0 bridgehead atoms. The molecule has 0 unspecified atom stereocenters. The lowest BCUT2D eigenvalue weighted by molar-refractivity contribution is 0.0343. The number of carboxylic acid groups (broad SMARTS) is 1. The number of aromatic carboxylic acids is 1. The first-order valence-corrected chi connectivity index (χ1v) is 13.1. The van der Waals surface area contributed by atoms with Crippen molar-refractivity contribution in [2.45, 2.75) is 32.5 Å². The molecule has 0 saturated heterocycles. The minimum absolute atomic E-state index is 0.119. The number of nitrogens with zero attached hydrogens (tertiary/aromatic N) is 3. The highest BCUT2D eigenvalue weighted by atomic mass is 16.5. The van der Waals surface area contributed by atoms with Crippen LogP contribution in [0, 0.1) is 5.92 Å². The summed E-state index contributed by atoms with van der Waals surface area (Å²) in [5, 5.41) is 22.0. The summed E-state index contributed by atoms with van der Waals surface area (Å²) < 4.78 is 6.55. The van der Waals surface area contributed by atoms with Crippen molar-refractivity contribution in [1.29, 1.82) is 0 Å². The molecule has 10 heteroatoms. The molecule has 0 spiro atoms. The molecule has 0 saturated carbocycles. The highest BCUT2D eigenvalue weighted by molar-refractivity contribution is 6.07. The Morgan fingerprint density at radius 1 is 1.12 bits per heavy atom. The quantitative estimate of drug-likeness (QED) is 0.372. The zero-order valence-corrected chi connectivity index (χ0v) is 22.8. The minimum Gasteiger partial charge on any atom is -0.486 e. The summed E-state index contributed by atoms with van der Waals surface area (Å²) in [6.07, 6.45) is 2.69. The van der Waals surface area contributed by atoms with Crippen LogP contribution in [0.3, 0.4) is 0 Å². The molecule has 0 fully saturated rings. The number of amides is 2. The zero-order valence-electron chi connectivity index (χ0n) is 22.8. The van der Waals surface area contributed by atoms with Gasteiger partial charge in [-0.1, -0.05) is 25.1 Å². The second-order valence-electron chi connectivity index (χ2n) is 10.2. The fraction of sp³-hybridized carbons (Fsp3) is 0.333. The van der Waals surface area contributed by atoms with Gasteiger partial charge in [0.05, 0.1) is 29.5 Å². The Bertz CT molecular complexity index is 1350. The van der Waals surface area contributed by atoms with Crippen LogP contribution in [0.2, 0.25) is 0 Å². The second kappa shape index (κ2) is 12.7. The predicted octanol–water partition coefficient (Wildman–Crippen LogP) is 3.38. The van der Waals surface area contributed by atoms with Crippen molar-refractivity contribution >= 4 is 23.5 Å². The van der Waals surface area contributed by atoms with Crippen LogP contribution in [0.5, 0.6) is 5.75 Å². The van der Waals surface area contributed by atoms with Crippen LogP contribution >= 0.6 is 0 Å². The van der Waals surface area contributed by atoms with E-state index in [4.69, 9.17) is 4.74 Å². The SMILES string of the molecule is C[C@H]1CN([C@@H](C)CO)C(=O)c2cccc(NC(=O)c3ccncc3)c2O[C@@H]1CN(C)Cc1ccc(C(=O)O)cc1. The van der Waals surface area contributed by atoms with E-state index >= 15 is 0 Å². The average Bonchev–Trinajstić information content (AvgIpc) is 2.95. The third kappa shape index (κ3) is 6.64. The van der Waals surface area contributed by atoms with E-state index < -0.39 is 12.0 Å². The smallest absolute Gasteiger partial charge is 0.335 e. The predicted molar refractivity (Wildman–Crippen MR) is 150 cm³/mol. The van der Waals surface area contributed by atoms with Crippen LogP contribution in [0.1, 0.15) is 50.5 Å². The van der Waals surface area contributed by atoms with E-state index in [-0.39, 0.29) is 41.8 Å². The number of fused-ring (bicyclic) bond motifs is 1. The molecule has 1 aliphatic heterocycles. The Hall–Kier alpha value is -4.28. The molecule has 40 heavy (non-hydrogen) atoms. The van der Waals surface area contributed by atoms with E-state index in [0.717, 1.165) is 5.56 Å². The molecule has 210 valence electrons. The number of likely N-dealkylation sites (N-methyl/N-ethyl adjacent to an activating group) is 1. The van der Waals surface area contributed by atoms with Crippen LogP contribution < -0.4 is 10.1 Å². The lowest BCUT2D eigenvalue weighted by Crippen LogP contribution is -2.49. The van der Waals surface area contributed by atoms with E-state index in [0.29, 0.717) is 36.4 Å². The first kappa shape index (κ1) is 28.7. The lowest BCUT2D eigenvalue weighted by Gasteiger charge is -2.38. The molecule has 0 radical (unpaired) electrons. The molecule has 0 aliphatic carbocycles. The molecule has 10 nitrogen and oxygen atoms in total. The number of aliphatic hydroxyl groups excluding tert-OH is 1. The van der Waals surface area contributed by atoms with Gasteiger partial charge < -0.3 is 25.2 Å². The van der Waals surface area contributed by atoms with Crippen molar-refractivity contribution in [3.05, 3.63) is 89.2 Å². The van der Waals surface area contributed by atoms with Crippen molar-refractivity contribution in [3.63, 3.8) is 0 Å². The molecular weight excluding hydrogens is 512 g/mol. The zero-order chi connectivity index (χ0) is 28.8. The monoisotopic (exact) mass is 546 g/mol. The van der Waals surface area contributed by atoms with Crippen molar-refractivity contribution in [3.8, 4) is 5.75 Å². The molecule has 4 rings (SSSR count). The number of aromatic nitrogens is 1. The highest BCUT2D eigenvalue weighted by Crippen LogP contribution is 2.35. The fourth-order valence-electron chi connectivity index (χ4n) is 4.69. The molecule has 2 aromatic carbocycles. The number of carbonyl (C=O) groups excluding carboxylic acids is 2. The van der Waals surface area contributed by atoms with Gasteiger partial charge >= 0.3 is 5.97 Å². The standard InChI is InChI=1S/C30H34N4O6/c1-19-15-34(20(2)18-35)29(37)24-5-4-6-25(32-28(36)22-11-13-31-14-12-22)27(24)40-26(19)17-33(3)16-21-7-9-23(10-8-21)30(38)39/h4-14,19-20,26,35H,15-18H2,1-3H3,(H,32,36)(H,38,39)/t19-,20-,26+/m0/s1. The van der Waals surface area contributed by atoms with Crippen molar-refractivity contribution in [2.75, 3.05) is 32.1 Å². The number of carboxylic acids is 1. The number of nitrogens with one attached hydrogen (secondary N) is 1. The molecule has 3 aromatic rings. The molecule has 2 heterocycles. The first-order valence-electron chi connectivity index (χ1n) is 13.1. The Morgan fingerprint density at radius 2 is 1.82 bits per heavy atom. The van der Waals surface area contributed by atoms with Crippen LogP contribution in [-0.4, -0.2) is 81.7 Å². The third-order valence-corrected chi connectivity index (χ3v) is 7.03. The number of anilines is 1. The number of ether oxygens (including phenoxy) is 1. The van der Waals surface area contributed by atoms with Gasteiger partial charge in [-0.2, -0.15) is 0 Å². The number of carbonyl (C=O) groups is 3. The average molecular weight is 547 g/mol. The molecule has 1 aromatic heterocycles. The number of aliphatic hydroxyl groups is 1. The third-order valence-electron chi connectivity index (χ3n) is 7.03. The van der Waals surface area contributed by atoms with Gasteiger partial charge in [-0.15, -0.1) is 0 Å². The van der Waals surface area contributed by atoms with E-state index in [2.05, 4.69) is 15.2 Å². The molecular formula is C30H34N4O6. The van der Waals surface area contributed by atoms with Gasteiger partial charge in [0.1, 0.15) is 6.10 Å². The number of hydrogen-bond acceptors (Lipinski definition) is 7.